The number of carbonyl (C=O) groups excluding carboxylic acids is 1. The SMILES string of the molecule is Cl.O=C(CN1CCNCC1c1cccnc1)NCc1ccccc1F. The van der Waals surface area contributed by atoms with Crippen LogP contribution in [0.1, 0.15) is 17.2 Å². The van der Waals surface area contributed by atoms with Crippen molar-refractivity contribution in [2.75, 3.05) is 26.2 Å². The molecule has 5 nitrogen and oxygen atoms in total. The van der Waals surface area contributed by atoms with Crippen LogP contribution >= 0.6 is 12.4 Å². The molecule has 25 heavy (non-hydrogen) atoms. The summed E-state index contributed by atoms with van der Waals surface area (Å²) in [7, 11) is 0. The zero-order valence-corrected chi connectivity index (χ0v) is 14.6. The van der Waals surface area contributed by atoms with Gasteiger partial charge in [-0.1, -0.05) is 24.3 Å². The Morgan fingerprint density at radius 1 is 1.32 bits per heavy atom. The number of nitrogens with one attached hydrogen (secondary N) is 2. The molecular formula is C18H22ClFN4O. The van der Waals surface area contributed by atoms with Crippen LogP contribution in [0.4, 0.5) is 4.39 Å². The molecule has 1 aliphatic rings. The van der Waals surface area contributed by atoms with E-state index in [-0.39, 0.29) is 43.3 Å². The molecule has 1 fully saturated rings. The second-order valence-corrected chi connectivity index (χ2v) is 5.84. The van der Waals surface area contributed by atoms with Crippen molar-refractivity contribution >= 4 is 18.3 Å². The molecule has 3 rings (SSSR count). The Labute approximate surface area is 153 Å². The van der Waals surface area contributed by atoms with Crippen LogP contribution < -0.4 is 10.6 Å². The zero-order valence-electron chi connectivity index (χ0n) is 13.8. The molecular weight excluding hydrogens is 343 g/mol. The van der Waals surface area contributed by atoms with Crippen molar-refractivity contribution in [3.05, 3.63) is 65.7 Å². The van der Waals surface area contributed by atoms with Gasteiger partial charge in [0.15, 0.2) is 0 Å². The maximum atomic E-state index is 13.6. The second kappa shape index (κ2) is 9.46. The monoisotopic (exact) mass is 364 g/mol. The Morgan fingerprint density at radius 2 is 2.16 bits per heavy atom. The molecule has 2 aromatic rings. The van der Waals surface area contributed by atoms with Gasteiger partial charge in [0.1, 0.15) is 5.82 Å². The maximum absolute atomic E-state index is 13.6. The number of hydrogen-bond acceptors (Lipinski definition) is 4. The highest BCUT2D eigenvalue weighted by molar-refractivity contribution is 5.85. The Hall–Kier alpha value is -2.02. The molecule has 1 amide bonds. The van der Waals surface area contributed by atoms with E-state index in [0.717, 1.165) is 25.2 Å². The van der Waals surface area contributed by atoms with Gasteiger partial charge in [-0.15, -0.1) is 12.4 Å². The Bertz CT molecular complexity index is 686. The molecule has 1 atom stereocenters. The highest BCUT2D eigenvalue weighted by atomic mass is 35.5. The van der Waals surface area contributed by atoms with Gasteiger partial charge in [0.05, 0.1) is 6.54 Å². The van der Waals surface area contributed by atoms with E-state index in [9.17, 15) is 9.18 Å². The molecule has 2 N–H and O–H groups in total. The predicted octanol–water partition coefficient (Wildman–Crippen LogP) is 1.91. The fourth-order valence-electron chi connectivity index (χ4n) is 2.91. The summed E-state index contributed by atoms with van der Waals surface area (Å²) >= 11 is 0. The molecule has 1 aromatic heterocycles. The van der Waals surface area contributed by atoms with E-state index in [1.165, 1.54) is 6.07 Å². The largest absolute Gasteiger partial charge is 0.351 e. The molecule has 0 radical (unpaired) electrons. The lowest BCUT2D eigenvalue weighted by Gasteiger charge is -2.35. The number of piperazine rings is 1. The number of rotatable bonds is 5. The summed E-state index contributed by atoms with van der Waals surface area (Å²) in [6.45, 7) is 2.90. The van der Waals surface area contributed by atoms with Gasteiger partial charge in [0, 0.05) is 50.2 Å². The first-order chi connectivity index (χ1) is 11.7. The lowest BCUT2D eigenvalue weighted by molar-refractivity contribution is -0.123. The summed E-state index contributed by atoms with van der Waals surface area (Å²) in [4.78, 5) is 18.6. The smallest absolute Gasteiger partial charge is 0.234 e. The molecule has 1 unspecified atom stereocenters. The number of halogens is 2. The van der Waals surface area contributed by atoms with Gasteiger partial charge in [-0.3, -0.25) is 14.7 Å². The molecule has 2 heterocycles. The first-order valence-corrected chi connectivity index (χ1v) is 8.09. The number of pyridine rings is 1. The minimum Gasteiger partial charge on any atom is -0.351 e. The molecule has 1 saturated heterocycles. The number of amides is 1. The molecule has 0 spiro atoms. The van der Waals surface area contributed by atoms with E-state index >= 15 is 0 Å². The molecule has 1 aromatic carbocycles. The highest BCUT2D eigenvalue weighted by Gasteiger charge is 2.25. The average molecular weight is 365 g/mol. The van der Waals surface area contributed by atoms with Crippen molar-refractivity contribution in [3.63, 3.8) is 0 Å². The molecule has 1 aliphatic heterocycles. The van der Waals surface area contributed by atoms with Gasteiger partial charge in [-0.2, -0.15) is 0 Å². The van der Waals surface area contributed by atoms with E-state index in [1.54, 1.807) is 24.4 Å². The van der Waals surface area contributed by atoms with E-state index in [4.69, 9.17) is 0 Å². The second-order valence-electron chi connectivity index (χ2n) is 5.84. The summed E-state index contributed by atoms with van der Waals surface area (Å²) in [5, 5.41) is 6.15. The Kier molecular flexibility index (Phi) is 7.31. The summed E-state index contributed by atoms with van der Waals surface area (Å²) in [5.41, 5.74) is 1.58. The average Bonchev–Trinajstić information content (AvgIpc) is 2.62. The number of aromatic nitrogens is 1. The first kappa shape index (κ1) is 19.3. The molecule has 134 valence electrons. The summed E-state index contributed by atoms with van der Waals surface area (Å²) in [6.07, 6.45) is 3.58. The lowest BCUT2D eigenvalue weighted by atomic mass is 10.1. The van der Waals surface area contributed by atoms with Crippen LogP contribution in [-0.4, -0.2) is 42.0 Å². The van der Waals surface area contributed by atoms with Crippen LogP contribution in [0.2, 0.25) is 0 Å². The third kappa shape index (κ3) is 5.22. The Balaban J connectivity index is 0.00000225. The third-order valence-electron chi connectivity index (χ3n) is 4.20. The number of carbonyl (C=O) groups is 1. The van der Waals surface area contributed by atoms with Crippen LogP contribution in [-0.2, 0) is 11.3 Å². The van der Waals surface area contributed by atoms with Crippen LogP contribution in [0, 0.1) is 5.82 Å². The van der Waals surface area contributed by atoms with Crippen molar-refractivity contribution in [3.8, 4) is 0 Å². The minimum atomic E-state index is -0.298. The van der Waals surface area contributed by atoms with Crippen LogP contribution in [0.25, 0.3) is 0 Å². The molecule has 7 heteroatoms. The van der Waals surface area contributed by atoms with E-state index in [1.807, 2.05) is 18.3 Å². The van der Waals surface area contributed by atoms with E-state index in [0.29, 0.717) is 5.56 Å². The molecule has 0 aliphatic carbocycles. The fourth-order valence-corrected chi connectivity index (χ4v) is 2.91. The van der Waals surface area contributed by atoms with Gasteiger partial charge in [0.2, 0.25) is 5.91 Å². The predicted molar refractivity (Wildman–Crippen MR) is 96.9 cm³/mol. The van der Waals surface area contributed by atoms with Crippen molar-refractivity contribution in [1.82, 2.24) is 20.5 Å². The fraction of sp³-hybridized carbons (Fsp3) is 0.333. The summed E-state index contributed by atoms with van der Waals surface area (Å²) < 4.78 is 13.6. The molecule has 0 bridgehead atoms. The number of nitrogens with zero attached hydrogens (tertiary/aromatic N) is 2. The van der Waals surface area contributed by atoms with Gasteiger partial charge in [-0.25, -0.2) is 4.39 Å². The zero-order chi connectivity index (χ0) is 16.8. The van der Waals surface area contributed by atoms with Crippen LogP contribution in [0.3, 0.4) is 0 Å². The van der Waals surface area contributed by atoms with Gasteiger partial charge < -0.3 is 10.6 Å². The standard InChI is InChI=1S/C18H21FN4O.ClH/c19-16-6-2-1-4-14(16)11-22-18(24)13-23-9-8-21-12-17(23)15-5-3-7-20-10-15;/h1-7,10,17,21H,8-9,11-13H2,(H,22,24);1H. The summed E-state index contributed by atoms with van der Waals surface area (Å²) in [6, 6.07) is 10.5. The third-order valence-corrected chi connectivity index (χ3v) is 4.20. The van der Waals surface area contributed by atoms with E-state index < -0.39 is 0 Å². The normalized spacial score (nSPS) is 17.6. The minimum absolute atomic E-state index is 0. The van der Waals surface area contributed by atoms with Gasteiger partial charge in [-0.05, 0) is 17.7 Å². The number of benzene rings is 1. The van der Waals surface area contributed by atoms with Gasteiger partial charge in [0.25, 0.3) is 0 Å². The Morgan fingerprint density at radius 3 is 2.92 bits per heavy atom. The summed E-state index contributed by atoms with van der Waals surface area (Å²) in [5.74, 6) is -0.401. The number of hydrogen-bond donors (Lipinski definition) is 2. The first-order valence-electron chi connectivity index (χ1n) is 8.09. The van der Waals surface area contributed by atoms with Crippen molar-refractivity contribution in [2.45, 2.75) is 12.6 Å². The van der Waals surface area contributed by atoms with Crippen molar-refractivity contribution < 1.29 is 9.18 Å². The lowest BCUT2D eigenvalue weighted by Crippen LogP contribution is -2.49. The van der Waals surface area contributed by atoms with Crippen LogP contribution in [0.5, 0.6) is 0 Å². The molecule has 0 saturated carbocycles. The van der Waals surface area contributed by atoms with E-state index in [2.05, 4.69) is 20.5 Å². The topological polar surface area (TPSA) is 57.3 Å². The van der Waals surface area contributed by atoms with Crippen molar-refractivity contribution in [1.29, 1.82) is 0 Å². The maximum Gasteiger partial charge on any atom is 0.234 e. The van der Waals surface area contributed by atoms with Crippen LogP contribution in [0.15, 0.2) is 48.8 Å². The van der Waals surface area contributed by atoms with Crippen molar-refractivity contribution in [2.24, 2.45) is 0 Å². The quantitative estimate of drug-likeness (QED) is 0.851. The van der Waals surface area contributed by atoms with Gasteiger partial charge >= 0.3 is 0 Å². The highest BCUT2D eigenvalue weighted by Crippen LogP contribution is 2.20.